The highest BCUT2D eigenvalue weighted by atomic mass is 16.5. The molecular weight excluding hydrogens is 546 g/mol. The second-order valence-corrected chi connectivity index (χ2v) is 10.7. The monoisotopic (exact) mass is 581 g/mol. The molecule has 0 radical (unpaired) electrons. The predicted octanol–water partition coefficient (Wildman–Crippen LogP) is -1.41. The van der Waals surface area contributed by atoms with Crippen molar-refractivity contribution in [3.63, 3.8) is 0 Å². The molecule has 2 aliphatic heterocycles. The standard InChI is InChI=1S/C31H35NO10/c1-2-11-32-20-12-16(5-9-22-26(35)30(39)28(37)24(14-33)41-22)3-7-18(20)19-8-4-17(13-21(19)32)6-10-23-27(36)31(40)29(38)25(15-34)42-23/h3-4,7-8,12-13,22-31,33-40H,2,11,14-15H2,1H3/t22-,23-,24-,25-,26-,27+,28-,29-,30-,31-/m1/s1. The number of benzene rings is 2. The van der Waals surface area contributed by atoms with E-state index in [9.17, 15) is 40.9 Å². The summed E-state index contributed by atoms with van der Waals surface area (Å²) < 4.78 is 13.1. The molecule has 3 aromatic rings. The van der Waals surface area contributed by atoms with Gasteiger partial charge in [0.25, 0.3) is 0 Å². The Morgan fingerprint density at radius 2 is 1.07 bits per heavy atom. The van der Waals surface area contributed by atoms with E-state index < -0.39 is 74.3 Å². The van der Waals surface area contributed by atoms with Crippen LogP contribution in [-0.2, 0) is 16.0 Å². The van der Waals surface area contributed by atoms with Crippen molar-refractivity contribution in [1.82, 2.24) is 4.57 Å². The minimum Gasteiger partial charge on any atom is -0.394 e. The van der Waals surface area contributed by atoms with E-state index >= 15 is 0 Å². The van der Waals surface area contributed by atoms with E-state index in [1.54, 1.807) is 0 Å². The van der Waals surface area contributed by atoms with Crippen molar-refractivity contribution in [1.29, 1.82) is 0 Å². The predicted molar refractivity (Wildman–Crippen MR) is 151 cm³/mol. The first-order valence-electron chi connectivity index (χ1n) is 13.9. The van der Waals surface area contributed by atoms with E-state index in [2.05, 4.69) is 35.2 Å². The molecule has 3 heterocycles. The van der Waals surface area contributed by atoms with Crippen molar-refractivity contribution < 1.29 is 50.3 Å². The molecule has 8 N–H and O–H groups in total. The van der Waals surface area contributed by atoms with E-state index in [4.69, 9.17) is 9.47 Å². The fourth-order valence-corrected chi connectivity index (χ4v) is 5.47. The van der Waals surface area contributed by atoms with Crippen LogP contribution in [0.25, 0.3) is 21.8 Å². The average molecular weight is 582 g/mol. The summed E-state index contributed by atoms with van der Waals surface area (Å²) in [5, 5.41) is 81.6. The van der Waals surface area contributed by atoms with Crippen molar-refractivity contribution >= 4 is 21.8 Å². The summed E-state index contributed by atoms with van der Waals surface area (Å²) in [5.41, 5.74) is 3.13. The first kappa shape index (κ1) is 30.4. The number of rotatable bonds is 4. The molecule has 1 aromatic heterocycles. The molecule has 2 aromatic carbocycles. The second kappa shape index (κ2) is 12.7. The van der Waals surface area contributed by atoms with Gasteiger partial charge in [-0.3, -0.25) is 0 Å². The fraction of sp³-hybridized carbons (Fsp3) is 0.484. The topological polar surface area (TPSA) is 185 Å². The number of aromatic nitrogens is 1. The van der Waals surface area contributed by atoms with Crippen LogP contribution >= 0.6 is 0 Å². The highest BCUT2D eigenvalue weighted by molar-refractivity contribution is 6.08. The third-order valence-corrected chi connectivity index (χ3v) is 7.82. The van der Waals surface area contributed by atoms with Gasteiger partial charge in [-0.25, -0.2) is 0 Å². The van der Waals surface area contributed by atoms with Gasteiger partial charge in [-0.05, 0) is 30.7 Å². The van der Waals surface area contributed by atoms with Gasteiger partial charge in [-0.1, -0.05) is 42.7 Å². The summed E-state index contributed by atoms with van der Waals surface area (Å²) in [6, 6.07) is 11.4. The first-order valence-corrected chi connectivity index (χ1v) is 13.9. The zero-order valence-corrected chi connectivity index (χ0v) is 22.9. The Balaban J connectivity index is 1.47. The fourth-order valence-electron chi connectivity index (χ4n) is 5.47. The van der Waals surface area contributed by atoms with Gasteiger partial charge in [-0.2, -0.15) is 0 Å². The number of aliphatic hydroxyl groups excluding tert-OH is 8. The van der Waals surface area contributed by atoms with Gasteiger partial charge in [-0.15, -0.1) is 0 Å². The lowest BCUT2D eigenvalue weighted by Crippen LogP contribution is -2.58. The smallest absolute Gasteiger partial charge is 0.147 e. The molecule has 0 spiro atoms. The quantitative estimate of drug-likeness (QED) is 0.170. The highest BCUT2D eigenvalue weighted by Crippen LogP contribution is 2.31. The van der Waals surface area contributed by atoms with Crippen molar-refractivity contribution in [2.45, 2.75) is 80.9 Å². The minimum absolute atomic E-state index is 0.527. The molecule has 2 saturated heterocycles. The summed E-state index contributed by atoms with van der Waals surface area (Å²) >= 11 is 0. The Morgan fingerprint density at radius 1 is 0.643 bits per heavy atom. The number of aliphatic hydroxyl groups is 8. The Morgan fingerprint density at radius 3 is 1.45 bits per heavy atom. The molecular formula is C31H35NO10. The van der Waals surface area contributed by atoms with Crippen molar-refractivity contribution in [2.24, 2.45) is 0 Å². The van der Waals surface area contributed by atoms with Gasteiger partial charge in [0, 0.05) is 28.4 Å². The van der Waals surface area contributed by atoms with E-state index in [0.717, 1.165) is 28.2 Å². The Hall–Kier alpha value is -3.04. The second-order valence-electron chi connectivity index (χ2n) is 10.7. The zero-order valence-electron chi connectivity index (χ0n) is 22.9. The van der Waals surface area contributed by atoms with Crippen LogP contribution in [0.15, 0.2) is 36.4 Å². The molecule has 0 amide bonds. The molecule has 11 heteroatoms. The molecule has 224 valence electrons. The van der Waals surface area contributed by atoms with Crippen LogP contribution in [0.1, 0.15) is 24.5 Å². The van der Waals surface area contributed by atoms with E-state index in [1.807, 2.05) is 36.4 Å². The molecule has 2 aliphatic rings. The summed E-state index contributed by atoms with van der Waals surface area (Å²) in [7, 11) is 0. The van der Waals surface area contributed by atoms with Crippen LogP contribution in [0.2, 0.25) is 0 Å². The zero-order chi connectivity index (χ0) is 30.1. The molecule has 2 fully saturated rings. The molecule has 0 saturated carbocycles. The highest BCUT2D eigenvalue weighted by Gasteiger charge is 2.43. The first-order chi connectivity index (χ1) is 20.2. The minimum atomic E-state index is -1.50. The van der Waals surface area contributed by atoms with Gasteiger partial charge >= 0.3 is 0 Å². The molecule has 0 unspecified atom stereocenters. The van der Waals surface area contributed by atoms with Crippen molar-refractivity contribution in [3.8, 4) is 23.7 Å². The maximum atomic E-state index is 10.3. The average Bonchev–Trinajstić information content (AvgIpc) is 3.30. The van der Waals surface area contributed by atoms with E-state index in [-0.39, 0.29) is 0 Å². The third kappa shape index (κ3) is 5.65. The van der Waals surface area contributed by atoms with Crippen LogP contribution in [0, 0.1) is 23.7 Å². The normalized spacial score (nSPS) is 33.2. The number of nitrogens with zero attached hydrogens (tertiary/aromatic N) is 1. The Bertz CT molecular complexity index is 1430. The molecule has 0 bridgehead atoms. The summed E-state index contributed by atoms with van der Waals surface area (Å²) in [6.07, 6.45) is -12.2. The number of fused-ring (bicyclic) bond motifs is 3. The van der Waals surface area contributed by atoms with Crippen LogP contribution in [0.4, 0.5) is 0 Å². The Labute approximate surface area is 242 Å². The number of aryl methyl sites for hydroxylation is 1. The maximum absolute atomic E-state index is 10.3. The lowest BCUT2D eigenvalue weighted by atomic mass is 9.95. The Kier molecular flexibility index (Phi) is 9.18. The van der Waals surface area contributed by atoms with Crippen LogP contribution < -0.4 is 0 Å². The number of hydrogen-bond donors (Lipinski definition) is 8. The van der Waals surface area contributed by atoms with E-state index in [1.165, 1.54) is 0 Å². The van der Waals surface area contributed by atoms with Gasteiger partial charge in [0.15, 0.2) is 0 Å². The molecule has 11 nitrogen and oxygen atoms in total. The lowest BCUT2D eigenvalue weighted by molar-refractivity contribution is -0.214. The van der Waals surface area contributed by atoms with Gasteiger partial charge in [0.2, 0.25) is 0 Å². The maximum Gasteiger partial charge on any atom is 0.147 e. The van der Waals surface area contributed by atoms with Crippen LogP contribution in [-0.4, -0.2) is 120 Å². The van der Waals surface area contributed by atoms with E-state index in [0.29, 0.717) is 17.7 Å². The summed E-state index contributed by atoms with van der Waals surface area (Å²) in [6.45, 7) is 1.71. The SMILES string of the molecule is CCCn1c2cc(C#C[C@H]3O[C@H](CO)[C@@H](O)[C@H](O)[C@H]3O)ccc2c2ccc(C#C[C@H]3O[C@H](CO)[C@@H](O)[C@H](O)[C@@H]3O)cc21. The van der Waals surface area contributed by atoms with Gasteiger partial charge in [0.1, 0.15) is 61.0 Å². The molecule has 42 heavy (non-hydrogen) atoms. The number of ether oxygens (including phenoxy) is 2. The summed E-state index contributed by atoms with van der Waals surface area (Å²) in [4.78, 5) is 0. The van der Waals surface area contributed by atoms with Crippen molar-refractivity contribution in [3.05, 3.63) is 47.5 Å². The molecule has 5 rings (SSSR count). The number of hydrogen-bond acceptors (Lipinski definition) is 10. The summed E-state index contributed by atoms with van der Waals surface area (Å²) in [5.74, 6) is 11.6. The largest absolute Gasteiger partial charge is 0.394 e. The van der Waals surface area contributed by atoms with Gasteiger partial charge in [0.05, 0.1) is 24.2 Å². The van der Waals surface area contributed by atoms with Gasteiger partial charge < -0.3 is 54.9 Å². The van der Waals surface area contributed by atoms with Crippen LogP contribution in [0.3, 0.4) is 0 Å². The molecule has 0 aliphatic carbocycles. The third-order valence-electron chi connectivity index (χ3n) is 7.82. The van der Waals surface area contributed by atoms with Crippen LogP contribution in [0.5, 0.6) is 0 Å². The lowest BCUT2D eigenvalue weighted by Gasteiger charge is -2.37. The van der Waals surface area contributed by atoms with Crippen molar-refractivity contribution in [2.75, 3.05) is 13.2 Å². The molecule has 10 atom stereocenters.